The minimum Gasteiger partial charge on any atom is -0.481 e. The van der Waals surface area contributed by atoms with E-state index in [1.807, 2.05) is 12.1 Å². The predicted octanol–water partition coefficient (Wildman–Crippen LogP) is 2.24. The SMILES string of the molecule is Cn1nc2cccc(Cl)c2c1CCC(=O)O. The van der Waals surface area contributed by atoms with Gasteiger partial charge in [0.2, 0.25) is 0 Å². The van der Waals surface area contributed by atoms with E-state index >= 15 is 0 Å². The second-order valence-electron chi connectivity index (χ2n) is 3.60. The number of rotatable bonds is 3. The summed E-state index contributed by atoms with van der Waals surface area (Å²) < 4.78 is 1.69. The molecule has 84 valence electrons. The lowest BCUT2D eigenvalue weighted by Crippen LogP contribution is -2.03. The zero-order valence-electron chi connectivity index (χ0n) is 8.77. The first-order valence-corrected chi connectivity index (χ1v) is 5.29. The molecule has 1 N–H and O–H groups in total. The van der Waals surface area contributed by atoms with Crippen molar-refractivity contribution in [1.29, 1.82) is 0 Å². The van der Waals surface area contributed by atoms with Gasteiger partial charge in [0.1, 0.15) is 0 Å². The molecular formula is C11H11ClN2O2. The van der Waals surface area contributed by atoms with Crippen molar-refractivity contribution in [3.63, 3.8) is 0 Å². The molecule has 0 aliphatic rings. The molecule has 4 nitrogen and oxygen atoms in total. The molecule has 0 spiro atoms. The third-order valence-corrected chi connectivity index (χ3v) is 2.82. The van der Waals surface area contributed by atoms with Crippen LogP contribution in [0.15, 0.2) is 18.2 Å². The molecule has 2 aromatic rings. The van der Waals surface area contributed by atoms with Crippen molar-refractivity contribution in [2.75, 3.05) is 0 Å². The van der Waals surface area contributed by atoms with Crippen LogP contribution >= 0.6 is 11.6 Å². The fourth-order valence-electron chi connectivity index (χ4n) is 1.78. The third-order valence-electron chi connectivity index (χ3n) is 2.50. The van der Waals surface area contributed by atoms with Crippen LogP contribution in [0.3, 0.4) is 0 Å². The maximum Gasteiger partial charge on any atom is 0.303 e. The van der Waals surface area contributed by atoms with Crippen LogP contribution in [-0.2, 0) is 18.3 Å². The van der Waals surface area contributed by atoms with Gasteiger partial charge in [-0.3, -0.25) is 9.48 Å². The number of benzene rings is 1. The monoisotopic (exact) mass is 238 g/mol. The van der Waals surface area contributed by atoms with E-state index < -0.39 is 5.97 Å². The Hall–Kier alpha value is -1.55. The molecular weight excluding hydrogens is 228 g/mol. The Morgan fingerprint density at radius 3 is 3.00 bits per heavy atom. The van der Waals surface area contributed by atoms with Crippen molar-refractivity contribution >= 4 is 28.5 Å². The molecule has 0 aliphatic carbocycles. The van der Waals surface area contributed by atoms with Crippen molar-refractivity contribution in [2.45, 2.75) is 12.8 Å². The Kier molecular flexibility index (Phi) is 2.83. The molecule has 1 heterocycles. The number of hydrogen-bond acceptors (Lipinski definition) is 2. The summed E-state index contributed by atoms with van der Waals surface area (Å²) in [5.41, 5.74) is 1.67. The van der Waals surface area contributed by atoms with E-state index in [1.54, 1.807) is 17.8 Å². The highest BCUT2D eigenvalue weighted by Crippen LogP contribution is 2.26. The second-order valence-corrected chi connectivity index (χ2v) is 4.01. The average molecular weight is 239 g/mol. The quantitative estimate of drug-likeness (QED) is 0.892. The van der Waals surface area contributed by atoms with Gasteiger partial charge in [-0.1, -0.05) is 17.7 Å². The highest BCUT2D eigenvalue weighted by molar-refractivity contribution is 6.35. The summed E-state index contributed by atoms with van der Waals surface area (Å²) in [5.74, 6) is -0.818. The normalized spacial score (nSPS) is 10.9. The molecule has 1 aromatic carbocycles. The first-order valence-electron chi connectivity index (χ1n) is 4.91. The van der Waals surface area contributed by atoms with Crippen LogP contribution < -0.4 is 0 Å². The van der Waals surface area contributed by atoms with Crippen LogP contribution in [0.4, 0.5) is 0 Å². The maximum atomic E-state index is 10.6. The number of carboxylic acid groups (broad SMARTS) is 1. The van der Waals surface area contributed by atoms with E-state index in [0.29, 0.717) is 11.4 Å². The molecule has 1 aromatic heterocycles. The van der Waals surface area contributed by atoms with Crippen LogP contribution in [0.25, 0.3) is 10.9 Å². The maximum absolute atomic E-state index is 10.6. The van der Waals surface area contributed by atoms with E-state index in [0.717, 1.165) is 16.6 Å². The van der Waals surface area contributed by atoms with E-state index in [2.05, 4.69) is 5.10 Å². The van der Waals surface area contributed by atoms with Crippen molar-refractivity contribution in [3.8, 4) is 0 Å². The van der Waals surface area contributed by atoms with Gasteiger partial charge in [0.05, 0.1) is 17.0 Å². The van der Waals surface area contributed by atoms with Gasteiger partial charge in [0.25, 0.3) is 0 Å². The van der Waals surface area contributed by atoms with E-state index in [9.17, 15) is 4.79 Å². The highest BCUT2D eigenvalue weighted by Gasteiger charge is 2.12. The number of aromatic nitrogens is 2. The molecule has 0 bridgehead atoms. The minimum atomic E-state index is -0.818. The smallest absolute Gasteiger partial charge is 0.303 e. The number of aliphatic carboxylic acids is 1. The first-order chi connectivity index (χ1) is 7.59. The topological polar surface area (TPSA) is 55.1 Å². The van der Waals surface area contributed by atoms with E-state index in [-0.39, 0.29) is 6.42 Å². The summed E-state index contributed by atoms with van der Waals surface area (Å²) in [6, 6.07) is 5.49. The Bertz CT molecular complexity index is 548. The Morgan fingerprint density at radius 1 is 1.56 bits per heavy atom. The number of carbonyl (C=O) groups is 1. The Morgan fingerprint density at radius 2 is 2.31 bits per heavy atom. The lowest BCUT2D eigenvalue weighted by Gasteiger charge is -2.01. The van der Waals surface area contributed by atoms with Gasteiger partial charge in [-0.2, -0.15) is 5.10 Å². The fraction of sp³-hybridized carbons (Fsp3) is 0.273. The second kappa shape index (κ2) is 4.14. The van der Waals surface area contributed by atoms with Crippen molar-refractivity contribution in [3.05, 3.63) is 28.9 Å². The number of halogens is 1. The fourth-order valence-corrected chi connectivity index (χ4v) is 2.06. The van der Waals surface area contributed by atoms with Crippen LogP contribution in [0.2, 0.25) is 5.02 Å². The molecule has 0 radical (unpaired) electrons. The Balaban J connectivity index is 2.50. The minimum absolute atomic E-state index is 0.0832. The van der Waals surface area contributed by atoms with Gasteiger partial charge in [-0.25, -0.2) is 0 Å². The molecule has 0 unspecified atom stereocenters. The van der Waals surface area contributed by atoms with Gasteiger partial charge in [0, 0.05) is 24.5 Å². The lowest BCUT2D eigenvalue weighted by molar-refractivity contribution is -0.136. The van der Waals surface area contributed by atoms with Crippen molar-refractivity contribution in [2.24, 2.45) is 7.05 Å². The largest absolute Gasteiger partial charge is 0.481 e. The first kappa shape index (κ1) is 11.0. The number of fused-ring (bicyclic) bond motifs is 1. The number of hydrogen-bond donors (Lipinski definition) is 1. The molecule has 0 saturated heterocycles. The van der Waals surface area contributed by atoms with Gasteiger partial charge >= 0.3 is 5.97 Å². The highest BCUT2D eigenvalue weighted by atomic mass is 35.5. The summed E-state index contributed by atoms with van der Waals surface area (Å²) >= 11 is 6.09. The van der Waals surface area contributed by atoms with E-state index in [1.165, 1.54) is 0 Å². The molecule has 16 heavy (non-hydrogen) atoms. The van der Waals surface area contributed by atoms with Gasteiger partial charge in [-0.15, -0.1) is 0 Å². The van der Waals surface area contributed by atoms with Crippen LogP contribution in [0, 0.1) is 0 Å². The third kappa shape index (κ3) is 1.88. The summed E-state index contributed by atoms with van der Waals surface area (Å²) in [7, 11) is 1.80. The van der Waals surface area contributed by atoms with Crippen molar-refractivity contribution in [1.82, 2.24) is 9.78 Å². The lowest BCUT2D eigenvalue weighted by atomic mass is 10.1. The summed E-state index contributed by atoms with van der Waals surface area (Å²) in [6.07, 6.45) is 0.520. The number of nitrogens with zero attached hydrogens (tertiary/aromatic N) is 2. The summed E-state index contributed by atoms with van der Waals surface area (Å²) in [4.78, 5) is 10.6. The molecule has 2 rings (SSSR count). The van der Waals surface area contributed by atoms with Crippen LogP contribution in [0.5, 0.6) is 0 Å². The molecule has 0 amide bonds. The number of aryl methyl sites for hydroxylation is 2. The van der Waals surface area contributed by atoms with Crippen LogP contribution in [0.1, 0.15) is 12.1 Å². The van der Waals surface area contributed by atoms with Crippen molar-refractivity contribution < 1.29 is 9.90 Å². The molecule has 5 heteroatoms. The zero-order chi connectivity index (χ0) is 11.7. The average Bonchev–Trinajstić information content (AvgIpc) is 2.52. The summed E-state index contributed by atoms with van der Waals surface area (Å²) in [5, 5.41) is 14.4. The Labute approximate surface area is 97.4 Å². The van der Waals surface area contributed by atoms with Gasteiger partial charge in [-0.05, 0) is 12.1 Å². The molecule has 0 atom stereocenters. The zero-order valence-corrected chi connectivity index (χ0v) is 9.53. The van der Waals surface area contributed by atoms with Gasteiger partial charge in [0.15, 0.2) is 0 Å². The van der Waals surface area contributed by atoms with Crippen LogP contribution in [-0.4, -0.2) is 20.9 Å². The summed E-state index contributed by atoms with van der Waals surface area (Å²) in [6.45, 7) is 0. The number of carboxylic acids is 1. The standard InChI is InChI=1S/C11H11ClN2O2/c1-14-9(5-6-10(15)16)11-7(12)3-2-4-8(11)13-14/h2-4H,5-6H2,1H3,(H,15,16). The molecule has 0 aliphatic heterocycles. The molecule has 0 fully saturated rings. The van der Waals surface area contributed by atoms with Gasteiger partial charge < -0.3 is 5.11 Å². The molecule has 0 saturated carbocycles. The van der Waals surface area contributed by atoms with E-state index in [4.69, 9.17) is 16.7 Å². The predicted molar refractivity (Wildman–Crippen MR) is 61.7 cm³/mol.